The minimum Gasteiger partial charge on any atom is -0.454 e. The topological polar surface area (TPSA) is 69.5 Å². The van der Waals surface area contributed by atoms with Gasteiger partial charge in [-0.25, -0.2) is 4.68 Å². The first-order valence-corrected chi connectivity index (χ1v) is 11.0. The van der Waals surface area contributed by atoms with Gasteiger partial charge in [-0.1, -0.05) is 24.3 Å². The van der Waals surface area contributed by atoms with Crippen molar-refractivity contribution in [2.45, 2.75) is 25.3 Å². The van der Waals surface area contributed by atoms with Gasteiger partial charge in [0.2, 0.25) is 6.79 Å². The molecule has 0 bridgehead atoms. The zero-order valence-corrected chi connectivity index (χ0v) is 17.9. The molecule has 1 fully saturated rings. The summed E-state index contributed by atoms with van der Waals surface area (Å²) in [6.45, 7) is 0.548. The number of hydrogen-bond donors (Lipinski definition) is 0. The maximum Gasteiger partial charge on any atom is 0.277 e. The van der Waals surface area contributed by atoms with Crippen molar-refractivity contribution in [3.05, 3.63) is 96.1 Å². The summed E-state index contributed by atoms with van der Waals surface area (Å²) in [5.41, 5.74) is 4.01. The Hall–Kier alpha value is -4.13. The Morgan fingerprint density at radius 1 is 1.00 bits per heavy atom. The second-order valence-corrected chi connectivity index (χ2v) is 8.27. The summed E-state index contributed by atoms with van der Waals surface area (Å²) in [4.78, 5) is 20.0. The monoisotopic (exact) mass is 438 g/mol. The average molecular weight is 438 g/mol. The molecule has 2 aromatic carbocycles. The van der Waals surface area contributed by atoms with Crippen LogP contribution in [-0.4, -0.2) is 27.5 Å². The molecular weight excluding hydrogens is 416 g/mol. The van der Waals surface area contributed by atoms with Crippen molar-refractivity contribution in [1.29, 1.82) is 0 Å². The van der Waals surface area contributed by atoms with E-state index < -0.39 is 0 Å². The van der Waals surface area contributed by atoms with Crippen LogP contribution in [-0.2, 0) is 6.54 Å². The number of aromatic nitrogens is 3. The molecule has 3 heterocycles. The molecule has 1 saturated carbocycles. The van der Waals surface area contributed by atoms with Crippen LogP contribution in [0.3, 0.4) is 0 Å². The number of carbonyl (C=O) groups is 1. The van der Waals surface area contributed by atoms with Gasteiger partial charge in [0.15, 0.2) is 11.5 Å². The summed E-state index contributed by atoms with van der Waals surface area (Å²) < 4.78 is 12.8. The van der Waals surface area contributed by atoms with Gasteiger partial charge < -0.3 is 14.4 Å². The molecule has 7 nitrogen and oxygen atoms in total. The van der Waals surface area contributed by atoms with E-state index in [1.807, 2.05) is 66.7 Å². The zero-order valence-electron chi connectivity index (χ0n) is 17.9. The number of rotatable bonds is 6. The molecular formula is C26H22N4O3. The van der Waals surface area contributed by atoms with Gasteiger partial charge >= 0.3 is 0 Å². The van der Waals surface area contributed by atoms with Crippen molar-refractivity contribution in [3.8, 4) is 17.2 Å². The minimum absolute atomic E-state index is 0.138. The van der Waals surface area contributed by atoms with Crippen LogP contribution in [0.1, 0.15) is 40.5 Å². The molecule has 0 atom stereocenters. The number of hydrogen-bond acceptors (Lipinski definition) is 5. The molecule has 7 heteroatoms. The highest BCUT2D eigenvalue weighted by atomic mass is 16.7. The van der Waals surface area contributed by atoms with Crippen LogP contribution in [0.15, 0.2) is 79.1 Å². The largest absolute Gasteiger partial charge is 0.454 e. The Bertz CT molecular complexity index is 1300. The summed E-state index contributed by atoms with van der Waals surface area (Å²) in [5.74, 6) is 1.60. The van der Waals surface area contributed by atoms with Crippen molar-refractivity contribution in [2.24, 2.45) is 0 Å². The van der Waals surface area contributed by atoms with E-state index in [1.54, 1.807) is 22.0 Å². The Balaban J connectivity index is 1.44. The number of carbonyl (C=O) groups excluding carboxylic acids is 1. The number of fused-ring (bicyclic) bond motifs is 1. The number of para-hydroxylation sites is 1. The normalized spacial score (nSPS) is 14.3. The highest BCUT2D eigenvalue weighted by Gasteiger charge is 2.31. The third-order valence-electron chi connectivity index (χ3n) is 5.92. The van der Waals surface area contributed by atoms with Crippen LogP contribution in [0.4, 0.5) is 5.69 Å². The number of ether oxygens (including phenoxy) is 2. The van der Waals surface area contributed by atoms with Crippen molar-refractivity contribution in [3.63, 3.8) is 0 Å². The quantitative estimate of drug-likeness (QED) is 0.436. The van der Waals surface area contributed by atoms with E-state index in [-0.39, 0.29) is 12.7 Å². The highest BCUT2D eigenvalue weighted by molar-refractivity contribution is 6.05. The number of nitrogens with zero attached hydrogens (tertiary/aromatic N) is 4. The first-order chi connectivity index (χ1) is 16.3. The fourth-order valence-corrected chi connectivity index (χ4v) is 4.04. The Morgan fingerprint density at radius 2 is 1.85 bits per heavy atom. The molecule has 1 aliphatic heterocycles. The predicted octanol–water partition coefficient (Wildman–Crippen LogP) is 4.72. The van der Waals surface area contributed by atoms with Crippen molar-refractivity contribution < 1.29 is 14.3 Å². The number of pyridine rings is 1. The fourth-order valence-electron chi connectivity index (χ4n) is 4.04. The lowest BCUT2D eigenvalue weighted by Gasteiger charge is -2.23. The molecule has 1 amide bonds. The summed E-state index contributed by atoms with van der Waals surface area (Å²) in [6, 6.07) is 21.1. The Labute approximate surface area is 191 Å². The van der Waals surface area contributed by atoms with Gasteiger partial charge in [-0.2, -0.15) is 5.10 Å². The maximum absolute atomic E-state index is 14.1. The van der Waals surface area contributed by atoms with Crippen LogP contribution >= 0.6 is 0 Å². The molecule has 0 N–H and O–H groups in total. The standard InChI is InChI=1S/C26H22N4O3/c31-26(23-14-22(19-8-9-19)28-30(23)20-6-2-1-3-7-20)29(16-18-5-4-12-27-15-18)21-10-11-24-25(13-21)33-17-32-24/h1-7,10-15,19H,8-9,16-17H2. The zero-order chi connectivity index (χ0) is 22.2. The molecule has 0 radical (unpaired) electrons. The predicted molar refractivity (Wildman–Crippen MR) is 123 cm³/mol. The van der Waals surface area contributed by atoms with Crippen LogP contribution in [0.5, 0.6) is 11.5 Å². The molecule has 2 aromatic heterocycles. The van der Waals surface area contributed by atoms with Gasteiger partial charge in [0.05, 0.1) is 17.9 Å². The van der Waals surface area contributed by atoms with Crippen molar-refractivity contribution >= 4 is 11.6 Å². The number of anilines is 1. The highest BCUT2D eigenvalue weighted by Crippen LogP contribution is 2.40. The van der Waals surface area contributed by atoms with Crippen LogP contribution < -0.4 is 14.4 Å². The Kier molecular flexibility index (Phi) is 4.79. The molecule has 4 aromatic rings. The van der Waals surface area contributed by atoms with E-state index >= 15 is 0 Å². The molecule has 6 rings (SSSR count). The van der Waals surface area contributed by atoms with E-state index in [4.69, 9.17) is 14.6 Å². The van der Waals surface area contributed by atoms with Crippen LogP contribution in [0.25, 0.3) is 5.69 Å². The molecule has 0 saturated heterocycles. The Morgan fingerprint density at radius 3 is 2.64 bits per heavy atom. The van der Waals surface area contributed by atoms with Gasteiger partial charge in [0.1, 0.15) is 5.69 Å². The van der Waals surface area contributed by atoms with Crippen molar-refractivity contribution in [2.75, 3.05) is 11.7 Å². The first-order valence-electron chi connectivity index (χ1n) is 11.0. The van der Waals surface area contributed by atoms with Gasteiger partial charge in [-0.15, -0.1) is 0 Å². The SMILES string of the molecule is O=C(c1cc(C2CC2)nn1-c1ccccc1)N(Cc1cccnc1)c1ccc2c(c1)OCO2. The lowest BCUT2D eigenvalue weighted by molar-refractivity contribution is 0.0977. The second-order valence-electron chi connectivity index (χ2n) is 8.27. The van der Waals surface area contributed by atoms with Crippen LogP contribution in [0, 0.1) is 0 Å². The van der Waals surface area contributed by atoms with Crippen molar-refractivity contribution in [1.82, 2.24) is 14.8 Å². The van der Waals surface area contributed by atoms with E-state index in [9.17, 15) is 4.79 Å². The summed E-state index contributed by atoms with van der Waals surface area (Å²) in [5, 5.41) is 4.82. The molecule has 2 aliphatic rings. The van der Waals surface area contributed by atoms with Gasteiger partial charge in [0.25, 0.3) is 5.91 Å². The molecule has 1 aliphatic carbocycles. The van der Waals surface area contributed by atoms with Gasteiger partial charge in [-0.05, 0) is 54.8 Å². The summed E-state index contributed by atoms with van der Waals surface area (Å²) in [6.07, 6.45) is 5.72. The minimum atomic E-state index is -0.138. The van der Waals surface area contributed by atoms with Gasteiger partial charge in [0, 0.05) is 30.1 Å². The van der Waals surface area contributed by atoms with E-state index in [0.29, 0.717) is 29.7 Å². The number of benzene rings is 2. The molecule has 0 unspecified atom stereocenters. The lowest BCUT2D eigenvalue weighted by Crippen LogP contribution is -2.32. The molecule has 0 spiro atoms. The molecule has 164 valence electrons. The van der Waals surface area contributed by atoms with E-state index in [0.717, 1.165) is 35.5 Å². The summed E-state index contributed by atoms with van der Waals surface area (Å²) in [7, 11) is 0. The third-order valence-corrected chi connectivity index (χ3v) is 5.92. The summed E-state index contributed by atoms with van der Waals surface area (Å²) >= 11 is 0. The van der Waals surface area contributed by atoms with E-state index in [2.05, 4.69) is 4.98 Å². The first kappa shape index (κ1) is 19.5. The van der Waals surface area contributed by atoms with Crippen LogP contribution in [0.2, 0.25) is 0 Å². The van der Waals surface area contributed by atoms with E-state index in [1.165, 1.54) is 0 Å². The maximum atomic E-state index is 14.1. The lowest BCUT2D eigenvalue weighted by atomic mass is 10.2. The molecule has 33 heavy (non-hydrogen) atoms. The second kappa shape index (κ2) is 8.09. The van der Waals surface area contributed by atoms with Gasteiger partial charge in [-0.3, -0.25) is 9.78 Å². The number of amides is 1. The third kappa shape index (κ3) is 3.82. The fraction of sp³-hybridized carbons (Fsp3) is 0.192. The smallest absolute Gasteiger partial charge is 0.277 e. The average Bonchev–Trinajstić information content (AvgIpc) is 3.44.